The van der Waals surface area contributed by atoms with Gasteiger partial charge in [-0.15, -0.1) is 0 Å². The lowest BCUT2D eigenvalue weighted by atomic mass is 9.98. The van der Waals surface area contributed by atoms with Gasteiger partial charge in [0, 0.05) is 12.4 Å². The molecule has 176 valence electrons. The number of fused-ring (bicyclic) bond motifs is 2. The molecule has 7 nitrogen and oxygen atoms in total. The molecule has 0 saturated carbocycles. The predicted molar refractivity (Wildman–Crippen MR) is 130 cm³/mol. The Morgan fingerprint density at radius 1 is 0.917 bits per heavy atom. The summed E-state index contributed by atoms with van der Waals surface area (Å²) in [6, 6.07) is 21.2. The zero-order chi connectivity index (χ0) is 24.6. The second-order valence-corrected chi connectivity index (χ2v) is 8.29. The maximum Gasteiger partial charge on any atom is 0.297 e. The molecule has 0 bridgehead atoms. The fourth-order valence-electron chi connectivity index (χ4n) is 4.40. The number of rotatable bonds is 5. The van der Waals surface area contributed by atoms with E-state index in [9.17, 15) is 14.0 Å². The molecule has 36 heavy (non-hydrogen) atoms. The van der Waals surface area contributed by atoms with Crippen LogP contribution in [-0.4, -0.2) is 15.9 Å². The first-order valence-corrected chi connectivity index (χ1v) is 11.2. The smallest absolute Gasteiger partial charge is 0.297 e. The molecule has 0 N–H and O–H groups in total. The highest BCUT2D eigenvalue weighted by Crippen LogP contribution is 2.40. The molecule has 8 heteroatoms. The fourth-order valence-corrected chi connectivity index (χ4v) is 4.40. The fraction of sp³-hybridized carbons (Fsp3) is 0.0714. The number of ether oxygens (including phenoxy) is 1. The van der Waals surface area contributed by atoms with Gasteiger partial charge in [-0.1, -0.05) is 42.5 Å². The van der Waals surface area contributed by atoms with Crippen molar-refractivity contribution in [2.24, 2.45) is 0 Å². The molecule has 0 radical (unpaired) electrons. The van der Waals surface area contributed by atoms with Crippen molar-refractivity contribution in [1.82, 2.24) is 9.97 Å². The number of hydrogen-bond donors (Lipinski definition) is 0. The van der Waals surface area contributed by atoms with E-state index in [0.717, 1.165) is 11.6 Å². The summed E-state index contributed by atoms with van der Waals surface area (Å²) in [4.78, 5) is 36.9. The van der Waals surface area contributed by atoms with Crippen LogP contribution in [-0.2, 0) is 6.61 Å². The van der Waals surface area contributed by atoms with E-state index in [0.29, 0.717) is 17.9 Å². The number of carbonyl (C=O) groups excluding carboxylic acids is 1. The molecule has 0 aliphatic carbocycles. The van der Waals surface area contributed by atoms with Crippen molar-refractivity contribution < 1.29 is 18.3 Å². The van der Waals surface area contributed by atoms with Crippen molar-refractivity contribution in [1.29, 1.82) is 0 Å². The first-order chi connectivity index (χ1) is 17.6. The van der Waals surface area contributed by atoms with Crippen LogP contribution in [0.15, 0.2) is 100 Å². The number of carbonyl (C=O) groups is 1. The van der Waals surface area contributed by atoms with Crippen LogP contribution in [0.2, 0.25) is 0 Å². The van der Waals surface area contributed by atoms with Crippen LogP contribution < -0.4 is 15.1 Å². The predicted octanol–water partition coefficient (Wildman–Crippen LogP) is 5.05. The normalized spacial score (nSPS) is 14.8. The molecule has 3 heterocycles. The zero-order valence-corrected chi connectivity index (χ0v) is 18.8. The molecule has 1 unspecified atom stereocenters. The maximum atomic E-state index is 14.0. The largest absolute Gasteiger partial charge is 0.489 e. The summed E-state index contributed by atoms with van der Waals surface area (Å²) in [6.45, 7) is 0.349. The Morgan fingerprint density at radius 2 is 1.72 bits per heavy atom. The maximum absolute atomic E-state index is 14.0. The highest BCUT2D eigenvalue weighted by Gasteiger charge is 2.45. The third-order valence-corrected chi connectivity index (χ3v) is 6.02. The molecule has 1 atom stereocenters. The Bertz CT molecular complexity index is 1650. The summed E-state index contributed by atoms with van der Waals surface area (Å²) in [7, 11) is 0. The third-order valence-electron chi connectivity index (χ3n) is 6.02. The van der Waals surface area contributed by atoms with Gasteiger partial charge in [-0.25, -0.2) is 14.4 Å². The van der Waals surface area contributed by atoms with E-state index in [1.807, 2.05) is 30.3 Å². The standard InChI is InChI=1S/C28H18FN3O4/c29-19-10-11-22-21(15-19)25(33)23-24(32(27(34)26(23)36-22)28-30-12-5-13-31-28)18-8-4-9-20(14-18)35-16-17-6-2-1-3-7-17/h1-15,24H,16H2. The van der Waals surface area contributed by atoms with E-state index in [-0.39, 0.29) is 28.2 Å². The van der Waals surface area contributed by atoms with Crippen LogP contribution in [0.4, 0.5) is 10.3 Å². The summed E-state index contributed by atoms with van der Waals surface area (Å²) in [5, 5.41) is 0.0545. The highest BCUT2D eigenvalue weighted by molar-refractivity contribution is 6.09. The minimum absolute atomic E-state index is 0.0545. The van der Waals surface area contributed by atoms with E-state index in [4.69, 9.17) is 9.15 Å². The van der Waals surface area contributed by atoms with Gasteiger partial charge in [-0.3, -0.25) is 14.5 Å². The quantitative estimate of drug-likeness (QED) is 0.351. The Morgan fingerprint density at radius 3 is 2.53 bits per heavy atom. The third kappa shape index (κ3) is 3.69. The van der Waals surface area contributed by atoms with Crippen LogP contribution in [0.25, 0.3) is 11.0 Å². The summed E-state index contributed by atoms with van der Waals surface area (Å²) >= 11 is 0. The average molecular weight is 479 g/mol. The second-order valence-electron chi connectivity index (χ2n) is 8.29. The second kappa shape index (κ2) is 8.74. The van der Waals surface area contributed by atoms with Gasteiger partial charge < -0.3 is 9.15 Å². The first kappa shape index (κ1) is 21.7. The van der Waals surface area contributed by atoms with Crippen LogP contribution in [0, 0.1) is 5.82 Å². The molecular formula is C28H18FN3O4. The zero-order valence-electron chi connectivity index (χ0n) is 18.8. The molecule has 3 aromatic carbocycles. The summed E-state index contributed by atoms with van der Waals surface area (Å²) in [6.07, 6.45) is 3.02. The van der Waals surface area contributed by atoms with Gasteiger partial charge in [-0.2, -0.15) is 0 Å². The molecular weight excluding hydrogens is 461 g/mol. The van der Waals surface area contributed by atoms with E-state index in [2.05, 4.69) is 9.97 Å². The van der Waals surface area contributed by atoms with Crippen LogP contribution in [0.3, 0.4) is 0 Å². The van der Waals surface area contributed by atoms with Gasteiger partial charge in [0.1, 0.15) is 23.8 Å². The Kier molecular flexibility index (Phi) is 5.26. The number of aromatic nitrogens is 2. The minimum atomic E-state index is -0.890. The van der Waals surface area contributed by atoms with Crippen molar-refractivity contribution >= 4 is 22.8 Å². The van der Waals surface area contributed by atoms with Gasteiger partial charge in [0.05, 0.1) is 17.0 Å². The Balaban J connectivity index is 1.49. The van der Waals surface area contributed by atoms with Crippen LogP contribution in [0.5, 0.6) is 5.75 Å². The SMILES string of the molecule is O=C1c2oc3ccc(F)cc3c(=O)c2C(c2cccc(OCc3ccccc3)c2)N1c1ncccn1. The van der Waals surface area contributed by atoms with E-state index in [1.54, 1.807) is 30.3 Å². The molecule has 1 amide bonds. The van der Waals surface area contributed by atoms with Crippen molar-refractivity contribution in [3.8, 4) is 5.75 Å². The number of halogens is 1. The average Bonchev–Trinajstić information content (AvgIpc) is 3.21. The van der Waals surface area contributed by atoms with Crippen molar-refractivity contribution in [3.63, 3.8) is 0 Å². The van der Waals surface area contributed by atoms with Crippen molar-refractivity contribution in [3.05, 3.63) is 130 Å². The van der Waals surface area contributed by atoms with Crippen molar-refractivity contribution in [2.45, 2.75) is 12.6 Å². The van der Waals surface area contributed by atoms with Gasteiger partial charge in [0.25, 0.3) is 5.91 Å². The molecule has 2 aromatic heterocycles. The van der Waals surface area contributed by atoms with E-state index in [1.165, 1.54) is 29.4 Å². The van der Waals surface area contributed by atoms with Gasteiger partial charge in [0.15, 0.2) is 5.43 Å². The van der Waals surface area contributed by atoms with Crippen LogP contribution >= 0.6 is 0 Å². The number of amides is 1. The van der Waals surface area contributed by atoms with Crippen molar-refractivity contribution in [2.75, 3.05) is 4.90 Å². The summed E-state index contributed by atoms with van der Waals surface area (Å²) < 4.78 is 25.8. The number of benzene rings is 3. The minimum Gasteiger partial charge on any atom is -0.489 e. The van der Waals surface area contributed by atoms with E-state index >= 15 is 0 Å². The van der Waals surface area contributed by atoms with Gasteiger partial charge >= 0.3 is 0 Å². The molecule has 0 saturated heterocycles. The molecule has 0 spiro atoms. The van der Waals surface area contributed by atoms with E-state index < -0.39 is 23.2 Å². The number of anilines is 1. The van der Waals surface area contributed by atoms with Gasteiger partial charge in [-0.05, 0) is 47.5 Å². The molecule has 5 aromatic rings. The number of hydrogen-bond acceptors (Lipinski definition) is 6. The summed E-state index contributed by atoms with van der Waals surface area (Å²) in [5.74, 6) is -0.575. The lowest BCUT2D eigenvalue weighted by Crippen LogP contribution is -2.31. The Labute approximate surface area is 204 Å². The number of nitrogens with zero attached hydrogens (tertiary/aromatic N) is 3. The Hall–Kier alpha value is -4.85. The topological polar surface area (TPSA) is 85.5 Å². The molecule has 0 fully saturated rings. The van der Waals surface area contributed by atoms with Crippen LogP contribution in [0.1, 0.15) is 33.3 Å². The lowest BCUT2D eigenvalue weighted by molar-refractivity contribution is 0.0969. The summed E-state index contributed by atoms with van der Waals surface area (Å²) in [5.41, 5.74) is 1.34. The lowest BCUT2D eigenvalue weighted by Gasteiger charge is -2.23. The van der Waals surface area contributed by atoms with Gasteiger partial charge in [0.2, 0.25) is 11.7 Å². The first-order valence-electron chi connectivity index (χ1n) is 11.2. The highest BCUT2D eigenvalue weighted by atomic mass is 19.1. The monoisotopic (exact) mass is 479 g/mol. The molecule has 6 rings (SSSR count). The molecule has 1 aliphatic rings. The molecule has 1 aliphatic heterocycles.